The number of ether oxygens (including phenoxy) is 1. The van der Waals surface area contributed by atoms with Crippen LogP contribution in [0.5, 0.6) is 11.6 Å². The van der Waals surface area contributed by atoms with E-state index in [9.17, 15) is 9.90 Å². The topological polar surface area (TPSA) is 97.5 Å². The molecule has 4 N–H and O–H groups in total. The summed E-state index contributed by atoms with van der Waals surface area (Å²) in [5, 5.41) is 12.4. The van der Waals surface area contributed by atoms with Crippen LogP contribution in [0, 0.1) is 6.92 Å². The van der Waals surface area contributed by atoms with Crippen molar-refractivity contribution < 1.29 is 14.6 Å². The number of hydrogen-bond donors (Lipinski definition) is 3. The second kappa shape index (κ2) is 8.80. The van der Waals surface area contributed by atoms with E-state index >= 15 is 0 Å². The number of halogens is 1. The molecule has 0 unspecified atom stereocenters. The van der Waals surface area contributed by atoms with Crippen molar-refractivity contribution in [2.24, 2.45) is 5.73 Å². The summed E-state index contributed by atoms with van der Waals surface area (Å²) in [6.07, 6.45) is 0. The van der Waals surface area contributed by atoms with E-state index in [1.165, 1.54) is 0 Å². The Hall–Kier alpha value is -2.15. The van der Waals surface area contributed by atoms with Crippen molar-refractivity contribution in [3.8, 4) is 11.6 Å². The number of aliphatic hydroxyl groups is 1. The van der Waals surface area contributed by atoms with Crippen LogP contribution < -0.4 is 15.8 Å². The summed E-state index contributed by atoms with van der Waals surface area (Å²) in [7, 11) is 0. The van der Waals surface area contributed by atoms with Gasteiger partial charge in [-0.25, -0.2) is 4.98 Å². The van der Waals surface area contributed by atoms with Gasteiger partial charge in [0.1, 0.15) is 5.75 Å². The fourth-order valence-corrected chi connectivity index (χ4v) is 2.10. The van der Waals surface area contributed by atoms with Crippen molar-refractivity contribution in [3.05, 3.63) is 53.2 Å². The molecule has 0 aliphatic carbocycles. The summed E-state index contributed by atoms with van der Waals surface area (Å²) < 4.78 is 5.74. The van der Waals surface area contributed by atoms with Crippen molar-refractivity contribution in [1.82, 2.24) is 10.3 Å². The van der Waals surface area contributed by atoms with Crippen molar-refractivity contribution in [2.75, 3.05) is 6.54 Å². The average Bonchev–Trinajstić information content (AvgIpc) is 2.51. The van der Waals surface area contributed by atoms with Gasteiger partial charge >= 0.3 is 0 Å². The van der Waals surface area contributed by atoms with Gasteiger partial charge in [-0.15, -0.1) is 12.4 Å². The van der Waals surface area contributed by atoms with Gasteiger partial charge in [-0.1, -0.05) is 6.07 Å². The Balaban J connectivity index is 0.00000312. The number of rotatable bonds is 6. The third kappa shape index (κ3) is 6.70. The lowest BCUT2D eigenvalue weighted by atomic mass is 10.1. The number of nitrogens with two attached hydrogens (primary N) is 1. The highest BCUT2D eigenvalue weighted by Crippen LogP contribution is 2.22. The Morgan fingerprint density at radius 2 is 2.04 bits per heavy atom. The number of aryl methyl sites for hydroxylation is 1. The Labute approximate surface area is 153 Å². The molecule has 136 valence electrons. The fraction of sp³-hybridized carbons (Fsp3) is 0.333. The number of amides is 1. The standard InChI is InChI=1S/C18H23N3O3.ClH/c1-12-7-13(10-19)8-16(21-12)24-15-6-4-5-14(9-15)17(22)20-11-18(2,3)23;/h4-9,23H,10-11,19H2,1-3H3,(H,20,22);1H. The lowest BCUT2D eigenvalue weighted by molar-refractivity contribution is 0.0694. The third-order valence-electron chi connectivity index (χ3n) is 3.23. The normalized spacial score (nSPS) is 10.8. The van der Waals surface area contributed by atoms with Crippen LogP contribution in [0.3, 0.4) is 0 Å². The SMILES string of the molecule is Cc1cc(CN)cc(Oc2cccc(C(=O)NCC(C)(C)O)c2)n1.Cl. The van der Waals surface area contributed by atoms with Crippen molar-refractivity contribution in [2.45, 2.75) is 32.9 Å². The van der Waals surface area contributed by atoms with Crippen LogP contribution in [0.2, 0.25) is 0 Å². The quantitative estimate of drug-likeness (QED) is 0.730. The molecule has 6 nitrogen and oxygen atoms in total. The zero-order valence-corrected chi connectivity index (χ0v) is 15.4. The van der Waals surface area contributed by atoms with E-state index in [0.29, 0.717) is 23.7 Å². The third-order valence-corrected chi connectivity index (χ3v) is 3.23. The van der Waals surface area contributed by atoms with E-state index in [1.807, 2.05) is 13.0 Å². The van der Waals surface area contributed by atoms with Gasteiger partial charge in [-0.05, 0) is 50.6 Å². The molecule has 0 aliphatic rings. The van der Waals surface area contributed by atoms with E-state index in [0.717, 1.165) is 11.3 Å². The van der Waals surface area contributed by atoms with Crippen LogP contribution in [0.25, 0.3) is 0 Å². The van der Waals surface area contributed by atoms with Crippen LogP contribution in [0.4, 0.5) is 0 Å². The van der Waals surface area contributed by atoms with Gasteiger partial charge in [-0.3, -0.25) is 4.79 Å². The molecular formula is C18H24ClN3O3. The van der Waals surface area contributed by atoms with Gasteiger partial charge in [0.05, 0.1) is 5.60 Å². The Morgan fingerprint density at radius 1 is 1.32 bits per heavy atom. The highest BCUT2D eigenvalue weighted by Gasteiger charge is 2.15. The molecule has 1 heterocycles. The van der Waals surface area contributed by atoms with E-state index < -0.39 is 5.60 Å². The molecule has 0 spiro atoms. The van der Waals surface area contributed by atoms with Gasteiger partial charge in [0, 0.05) is 30.4 Å². The van der Waals surface area contributed by atoms with Crippen LogP contribution in [-0.2, 0) is 6.54 Å². The molecule has 1 amide bonds. The number of nitrogens with one attached hydrogen (secondary N) is 1. The number of carbonyl (C=O) groups is 1. The number of aromatic nitrogens is 1. The molecule has 2 rings (SSSR count). The zero-order chi connectivity index (χ0) is 17.7. The molecule has 0 radical (unpaired) electrons. The number of hydrogen-bond acceptors (Lipinski definition) is 5. The van der Waals surface area contributed by atoms with E-state index in [-0.39, 0.29) is 24.9 Å². The van der Waals surface area contributed by atoms with Crippen molar-refractivity contribution in [3.63, 3.8) is 0 Å². The van der Waals surface area contributed by atoms with Crippen molar-refractivity contribution >= 4 is 18.3 Å². The number of pyridine rings is 1. The molecule has 2 aromatic rings. The predicted octanol–water partition coefficient (Wildman–Crippen LogP) is 2.56. The van der Waals surface area contributed by atoms with E-state index in [4.69, 9.17) is 10.5 Å². The summed E-state index contributed by atoms with van der Waals surface area (Å²) in [5.41, 5.74) is 6.88. The van der Waals surface area contributed by atoms with Gasteiger partial charge in [0.2, 0.25) is 5.88 Å². The molecule has 1 aromatic carbocycles. The summed E-state index contributed by atoms with van der Waals surface area (Å²) in [6.45, 7) is 5.69. The molecule has 0 aliphatic heterocycles. The maximum atomic E-state index is 12.1. The molecule has 0 fully saturated rings. The van der Waals surface area contributed by atoms with Crippen molar-refractivity contribution in [1.29, 1.82) is 0 Å². The first-order chi connectivity index (χ1) is 11.3. The van der Waals surface area contributed by atoms with E-state index in [2.05, 4.69) is 10.3 Å². The first-order valence-electron chi connectivity index (χ1n) is 7.73. The molecule has 1 aromatic heterocycles. The van der Waals surface area contributed by atoms with Gasteiger partial charge in [0.15, 0.2) is 0 Å². The second-order valence-electron chi connectivity index (χ2n) is 6.28. The minimum atomic E-state index is -0.964. The van der Waals surface area contributed by atoms with Crippen LogP contribution in [-0.4, -0.2) is 28.1 Å². The highest BCUT2D eigenvalue weighted by atomic mass is 35.5. The predicted molar refractivity (Wildman–Crippen MR) is 99.3 cm³/mol. The fourth-order valence-electron chi connectivity index (χ4n) is 2.10. The molecule has 0 saturated heterocycles. The largest absolute Gasteiger partial charge is 0.439 e. The lowest BCUT2D eigenvalue weighted by Gasteiger charge is -2.17. The van der Waals surface area contributed by atoms with Crippen LogP contribution >= 0.6 is 12.4 Å². The van der Waals surface area contributed by atoms with Crippen LogP contribution in [0.15, 0.2) is 36.4 Å². The number of nitrogens with zero attached hydrogens (tertiary/aromatic N) is 1. The second-order valence-corrected chi connectivity index (χ2v) is 6.28. The molecule has 7 heteroatoms. The smallest absolute Gasteiger partial charge is 0.251 e. The maximum Gasteiger partial charge on any atom is 0.251 e. The highest BCUT2D eigenvalue weighted by molar-refractivity contribution is 5.94. The van der Waals surface area contributed by atoms with Gasteiger partial charge < -0.3 is 20.9 Å². The molecule has 0 bridgehead atoms. The summed E-state index contributed by atoms with van der Waals surface area (Å²) in [6, 6.07) is 10.5. The maximum absolute atomic E-state index is 12.1. The number of benzene rings is 1. The summed E-state index contributed by atoms with van der Waals surface area (Å²) in [5.74, 6) is 0.666. The first kappa shape index (κ1) is 20.9. The summed E-state index contributed by atoms with van der Waals surface area (Å²) >= 11 is 0. The first-order valence-corrected chi connectivity index (χ1v) is 7.73. The Kier molecular flexibility index (Phi) is 7.36. The zero-order valence-electron chi connectivity index (χ0n) is 14.6. The Morgan fingerprint density at radius 3 is 2.68 bits per heavy atom. The van der Waals surface area contributed by atoms with E-state index in [1.54, 1.807) is 44.2 Å². The molecule has 0 atom stereocenters. The average molecular weight is 366 g/mol. The van der Waals surface area contributed by atoms with Gasteiger partial charge in [-0.2, -0.15) is 0 Å². The molecule has 25 heavy (non-hydrogen) atoms. The molecule has 0 saturated carbocycles. The minimum absolute atomic E-state index is 0. The monoisotopic (exact) mass is 365 g/mol. The Bertz CT molecular complexity index is 730. The lowest BCUT2D eigenvalue weighted by Crippen LogP contribution is -2.38. The molecular weight excluding hydrogens is 342 g/mol. The number of carbonyl (C=O) groups excluding carboxylic acids is 1. The summed E-state index contributed by atoms with van der Waals surface area (Å²) in [4.78, 5) is 16.4. The van der Waals surface area contributed by atoms with Crippen LogP contribution in [0.1, 0.15) is 35.5 Å². The van der Waals surface area contributed by atoms with Gasteiger partial charge in [0.25, 0.3) is 5.91 Å². The minimum Gasteiger partial charge on any atom is -0.439 e.